The number of ether oxygens (including phenoxy) is 3. The van der Waals surface area contributed by atoms with Crippen LogP contribution in [0.1, 0.15) is 21.5 Å². The number of carbonyl (C=O) groups excluding carboxylic acids is 1. The van der Waals surface area contributed by atoms with Gasteiger partial charge in [-0.3, -0.25) is 4.79 Å². The molecular weight excluding hydrogens is 416 g/mol. The second-order valence-electron chi connectivity index (χ2n) is 8.08. The van der Waals surface area contributed by atoms with Crippen LogP contribution in [0.5, 0.6) is 17.2 Å². The van der Waals surface area contributed by atoms with Crippen LogP contribution in [0.2, 0.25) is 0 Å². The minimum absolute atomic E-state index is 0.0223. The Kier molecular flexibility index (Phi) is 7.03. The molecule has 0 atom stereocenters. The van der Waals surface area contributed by atoms with E-state index in [0.29, 0.717) is 31.0 Å². The maximum absolute atomic E-state index is 13.2. The average Bonchev–Trinajstić information content (AvgIpc) is 2.87. The standard InChI is InChI=1S/C27H30N2O4/c1-20-7-6-8-23(17-20)33-19-22-18-21(11-12-25(22)31-2)27(30)29-15-13-28(14-16-29)24-9-4-5-10-26(24)32-3/h4-12,17-18H,13-16,19H2,1-3H3. The van der Waals surface area contributed by atoms with Crippen LogP contribution in [0, 0.1) is 6.92 Å². The van der Waals surface area contributed by atoms with Crippen LogP contribution in [0.4, 0.5) is 5.69 Å². The van der Waals surface area contributed by atoms with E-state index in [1.165, 1.54) is 0 Å². The number of benzene rings is 3. The van der Waals surface area contributed by atoms with E-state index < -0.39 is 0 Å². The third-order valence-electron chi connectivity index (χ3n) is 5.90. The Morgan fingerprint density at radius 2 is 1.61 bits per heavy atom. The summed E-state index contributed by atoms with van der Waals surface area (Å²) in [6.45, 7) is 5.17. The van der Waals surface area contributed by atoms with Crippen molar-refractivity contribution in [1.82, 2.24) is 4.90 Å². The molecule has 0 spiro atoms. The number of hydrogen-bond acceptors (Lipinski definition) is 5. The molecule has 0 N–H and O–H groups in total. The van der Waals surface area contributed by atoms with Gasteiger partial charge in [0.15, 0.2) is 0 Å². The number of amides is 1. The summed E-state index contributed by atoms with van der Waals surface area (Å²) in [6.07, 6.45) is 0. The maximum atomic E-state index is 13.2. The normalized spacial score (nSPS) is 13.5. The van der Waals surface area contributed by atoms with Gasteiger partial charge >= 0.3 is 0 Å². The molecule has 1 heterocycles. The molecule has 0 aliphatic carbocycles. The zero-order valence-electron chi connectivity index (χ0n) is 19.4. The van der Waals surface area contributed by atoms with Gasteiger partial charge in [0.2, 0.25) is 0 Å². The summed E-state index contributed by atoms with van der Waals surface area (Å²) in [5.74, 6) is 2.38. The van der Waals surface area contributed by atoms with E-state index >= 15 is 0 Å². The van der Waals surface area contributed by atoms with Gasteiger partial charge in [-0.2, -0.15) is 0 Å². The first-order valence-corrected chi connectivity index (χ1v) is 11.1. The Balaban J connectivity index is 1.43. The van der Waals surface area contributed by atoms with Gasteiger partial charge in [-0.1, -0.05) is 24.3 Å². The number of methoxy groups -OCH3 is 2. The summed E-state index contributed by atoms with van der Waals surface area (Å²) < 4.78 is 16.9. The summed E-state index contributed by atoms with van der Waals surface area (Å²) in [4.78, 5) is 17.4. The Bertz CT molecular complexity index is 1110. The molecule has 3 aromatic rings. The maximum Gasteiger partial charge on any atom is 0.253 e. The van der Waals surface area contributed by atoms with Gasteiger partial charge in [-0.15, -0.1) is 0 Å². The van der Waals surface area contributed by atoms with Gasteiger partial charge in [-0.05, 0) is 55.0 Å². The lowest BCUT2D eigenvalue weighted by molar-refractivity contribution is 0.0746. The van der Waals surface area contributed by atoms with Crippen LogP contribution in [-0.2, 0) is 6.61 Å². The Morgan fingerprint density at radius 3 is 2.33 bits per heavy atom. The van der Waals surface area contributed by atoms with Gasteiger partial charge in [0.25, 0.3) is 5.91 Å². The monoisotopic (exact) mass is 446 g/mol. The lowest BCUT2D eigenvalue weighted by Crippen LogP contribution is -2.48. The molecule has 1 amide bonds. The van der Waals surface area contributed by atoms with Crippen molar-refractivity contribution < 1.29 is 19.0 Å². The van der Waals surface area contributed by atoms with Crippen LogP contribution in [0.3, 0.4) is 0 Å². The van der Waals surface area contributed by atoms with E-state index in [0.717, 1.165) is 41.4 Å². The Hall–Kier alpha value is -3.67. The fraction of sp³-hybridized carbons (Fsp3) is 0.296. The van der Waals surface area contributed by atoms with E-state index in [2.05, 4.69) is 11.0 Å². The molecule has 3 aromatic carbocycles. The topological polar surface area (TPSA) is 51.2 Å². The van der Waals surface area contributed by atoms with Gasteiger partial charge < -0.3 is 24.0 Å². The number of anilines is 1. The predicted molar refractivity (Wildman–Crippen MR) is 130 cm³/mol. The van der Waals surface area contributed by atoms with Crippen molar-refractivity contribution in [2.45, 2.75) is 13.5 Å². The largest absolute Gasteiger partial charge is 0.496 e. The van der Waals surface area contributed by atoms with E-state index in [4.69, 9.17) is 14.2 Å². The predicted octanol–water partition coefficient (Wildman–Crippen LogP) is 4.55. The molecule has 4 rings (SSSR count). The van der Waals surface area contributed by atoms with Gasteiger partial charge in [0.05, 0.1) is 19.9 Å². The van der Waals surface area contributed by atoms with Crippen molar-refractivity contribution in [1.29, 1.82) is 0 Å². The zero-order valence-corrected chi connectivity index (χ0v) is 19.4. The molecule has 0 aromatic heterocycles. The second kappa shape index (κ2) is 10.3. The number of rotatable bonds is 7. The number of para-hydroxylation sites is 2. The highest BCUT2D eigenvalue weighted by atomic mass is 16.5. The van der Waals surface area contributed by atoms with Gasteiger partial charge in [0.1, 0.15) is 23.9 Å². The molecule has 1 saturated heterocycles. The second-order valence-corrected chi connectivity index (χ2v) is 8.08. The minimum atomic E-state index is 0.0223. The fourth-order valence-electron chi connectivity index (χ4n) is 4.11. The Labute approximate surface area is 195 Å². The molecule has 0 saturated carbocycles. The van der Waals surface area contributed by atoms with Crippen molar-refractivity contribution in [2.24, 2.45) is 0 Å². The summed E-state index contributed by atoms with van der Waals surface area (Å²) in [5.41, 5.74) is 3.68. The van der Waals surface area contributed by atoms with Crippen LogP contribution >= 0.6 is 0 Å². The van der Waals surface area contributed by atoms with Gasteiger partial charge in [0, 0.05) is 37.3 Å². The van der Waals surface area contributed by atoms with Crippen molar-refractivity contribution >= 4 is 11.6 Å². The highest BCUT2D eigenvalue weighted by Crippen LogP contribution is 2.29. The minimum Gasteiger partial charge on any atom is -0.496 e. The molecule has 0 bridgehead atoms. The summed E-state index contributed by atoms with van der Waals surface area (Å²) in [6, 6.07) is 21.4. The number of piperazine rings is 1. The number of carbonyl (C=O) groups is 1. The SMILES string of the molecule is COc1ccc(C(=O)N2CCN(c3ccccc3OC)CC2)cc1COc1cccc(C)c1. The molecule has 1 aliphatic rings. The highest BCUT2D eigenvalue weighted by molar-refractivity contribution is 5.94. The third kappa shape index (κ3) is 5.22. The number of aryl methyl sites for hydroxylation is 1. The first kappa shape index (κ1) is 22.5. The van der Waals surface area contributed by atoms with E-state index in [1.807, 2.05) is 72.5 Å². The first-order valence-electron chi connectivity index (χ1n) is 11.1. The molecule has 172 valence electrons. The molecule has 6 heteroatoms. The zero-order chi connectivity index (χ0) is 23.2. The Morgan fingerprint density at radius 1 is 0.848 bits per heavy atom. The molecule has 0 radical (unpaired) electrons. The van der Waals surface area contributed by atoms with Crippen LogP contribution in [0.25, 0.3) is 0 Å². The molecule has 33 heavy (non-hydrogen) atoms. The van der Waals surface area contributed by atoms with E-state index in [1.54, 1.807) is 14.2 Å². The number of nitrogens with zero attached hydrogens (tertiary/aromatic N) is 2. The smallest absolute Gasteiger partial charge is 0.253 e. The van der Waals surface area contributed by atoms with Crippen molar-refractivity contribution in [3.63, 3.8) is 0 Å². The van der Waals surface area contributed by atoms with Crippen LogP contribution in [-0.4, -0.2) is 51.2 Å². The third-order valence-corrected chi connectivity index (χ3v) is 5.90. The van der Waals surface area contributed by atoms with E-state index in [9.17, 15) is 4.79 Å². The first-order chi connectivity index (χ1) is 16.1. The van der Waals surface area contributed by atoms with Crippen LogP contribution in [0.15, 0.2) is 66.7 Å². The molecule has 1 fully saturated rings. The van der Waals surface area contributed by atoms with E-state index in [-0.39, 0.29) is 5.91 Å². The van der Waals surface area contributed by atoms with Crippen molar-refractivity contribution in [3.05, 3.63) is 83.4 Å². The van der Waals surface area contributed by atoms with Crippen molar-refractivity contribution in [3.8, 4) is 17.2 Å². The quantitative estimate of drug-likeness (QED) is 0.533. The lowest BCUT2D eigenvalue weighted by atomic mass is 10.1. The van der Waals surface area contributed by atoms with Gasteiger partial charge in [-0.25, -0.2) is 0 Å². The summed E-state index contributed by atoms with van der Waals surface area (Å²) in [7, 11) is 3.31. The van der Waals surface area contributed by atoms with Crippen LogP contribution < -0.4 is 19.1 Å². The molecule has 6 nitrogen and oxygen atoms in total. The molecule has 1 aliphatic heterocycles. The average molecular weight is 447 g/mol. The summed E-state index contributed by atoms with van der Waals surface area (Å²) in [5, 5.41) is 0. The molecule has 0 unspecified atom stereocenters. The highest BCUT2D eigenvalue weighted by Gasteiger charge is 2.24. The number of hydrogen-bond donors (Lipinski definition) is 0. The molecular formula is C27H30N2O4. The van der Waals surface area contributed by atoms with Crippen molar-refractivity contribution in [2.75, 3.05) is 45.3 Å². The fourth-order valence-corrected chi connectivity index (χ4v) is 4.11. The lowest BCUT2D eigenvalue weighted by Gasteiger charge is -2.36. The summed E-state index contributed by atoms with van der Waals surface area (Å²) >= 11 is 0.